The summed E-state index contributed by atoms with van der Waals surface area (Å²) in [6.07, 6.45) is 2.52. The summed E-state index contributed by atoms with van der Waals surface area (Å²) in [5, 5.41) is 13.3. The van der Waals surface area contributed by atoms with E-state index >= 15 is 0 Å². The Labute approximate surface area is 102 Å². The lowest BCUT2D eigenvalue weighted by atomic mass is 10.4. The Morgan fingerprint density at radius 2 is 2.29 bits per heavy atom. The number of nitrogens with one attached hydrogen (secondary N) is 2. The summed E-state index contributed by atoms with van der Waals surface area (Å²) >= 11 is 1.51. The molecule has 0 unspecified atom stereocenters. The van der Waals surface area contributed by atoms with E-state index in [9.17, 15) is 4.79 Å². The van der Waals surface area contributed by atoms with Crippen molar-refractivity contribution in [1.29, 1.82) is 0 Å². The van der Waals surface area contributed by atoms with Gasteiger partial charge in [-0.25, -0.2) is 0 Å². The van der Waals surface area contributed by atoms with Crippen molar-refractivity contribution in [2.24, 2.45) is 0 Å². The van der Waals surface area contributed by atoms with Crippen molar-refractivity contribution in [2.45, 2.75) is 25.4 Å². The maximum atomic E-state index is 11.2. The van der Waals surface area contributed by atoms with Crippen molar-refractivity contribution < 1.29 is 0 Å². The van der Waals surface area contributed by atoms with Gasteiger partial charge < -0.3 is 10.3 Å². The highest BCUT2D eigenvalue weighted by Gasteiger charge is 2.20. The van der Waals surface area contributed by atoms with E-state index in [1.165, 1.54) is 30.2 Å². The van der Waals surface area contributed by atoms with Gasteiger partial charge in [0.1, 0.15) is 5.01 Å². The smallest absolute Gasteiger partial charge is 0.248 e. The lowest BCUT2D eigenvalue weighted by molar-refractivity contribution is 0.679. The van der Waals surface area contributed by atoms with Gasteiger partial charge in [-0.2, -0.15) is 0 Å². The van der Waals surface area contributed by atoms with Crippen molar-refractivity contribution in [3.63, 3.8) is 0 Å². The van der Waals surface area contributed by atoms with Crippen LogP contribution in [0.5, 0.6) is 0 Å². The summed E-state index contributed by atoms with van der Waals surface area (Å²) in [7, 11) is 0. The Bertz CT molecular complexity index is 573. The molecule has 1 fully saturated rings. The molecule has 5 nitrogen and oxygen atoms in total. The Morgan fingerprint density at radius 3 is 3.06 bits per heavy atom. The molecule has 88 valence electrons. The highest BCUT2D eigenvalue weighted by Crippen LogP contribution is 2.22. The zero-order chi connectivity index (χ0) is 11.7. The zero-order valence-corrected chi connectivity index (χ0v) is 9.96. The van der Waals surface area contributed by atoms with Gasteiger partial charge >= 0.3 is 0 Å². The topological polar surface area (TPSA) is 70.7 Å². The fourth-order valence-electron chi connectivity index (χ4n) is 1.53. The minimum atomic E-state index is -0.115. The number of hydrogen-bond acceptors (Lipinski definition) is 5. The molecule has 17 heavy (non-hydrogen) atoms. The van der Waals surface area contributed by atoms with Crippen LogP contribution in [0.15, 0.2) is 23.0 Å². The quantitative estimate of drug-likeness (QED) is 0.851. The molecule has 0 aliphatic heterocycles. The summed E-state index contributed by atoms with van der Waals surface area (Å²) < 4.78 is 0. The third kappa shape index (κ3) is 2.59. The van der Waals surface area contributed by atoms with Crippen LogP contribution >= 0.6 is 11.3 Å². The molecule has 1 aliphatic rings. The zero-order valence-electron chi connectivity index (χ0n) is 9.14. The Morgan fingerprint density at radius 1 is 1.41 bits per heavy atom. The second kappa shape index (κ2) is 4.38. The minimum Gasteiger partial charge on any atom is -0.320 e. The molecule has 0 spiro atoms. The number of aromatic amines is 1. The predicted molar refractivity (Wildman–Crippen MR) is 65.8 cm³/mol. The normalized spacial score (nSPS) is 15.1. The molecule has 0 aromatic carbocycles. The average Bonchev–Trinajstić information content (AvgIpc) is 3.04. The first-order chi connectivity index (χ1) is 8.31. The minimum absolute atomic E-state index is 0.115. The van der Waals surface area contributed by atoms with E-state index in [0.717, 1.165) is 22.3 Å². The van der Waals surface area contributed by atoms with E-state index < -0.39 is 0 Å². The van der Waals surface area contributed by atoms with Gasteiger partial charge in [0, 0.05) is 18.7 Å². The molecule has 3 rings (SSSR count). The van der Waals surface area contributed by atoms with Gasteiger partial charge in [-0.1, -0.05) is 17.4 Å². The van der Waals surface area contributed by atoms with Crippen LogP contribution in [0.4, 0.5) is 0 Å². The first-order valence-electron chi connectivity index (χ1n) is 5.57. The molecule has 2 aromatic rings. The molecule has 0 saturated heterocycles. The second-order valence-electron chi connectivity index (χ2n) is 4.08. The molecule has 2 aromatic heterocycles. The average molecular weight is 248 g/mol. The van der Waals surface area contributed by atoms with Crippen LogP contribution in [0.25, 0.3) is 10.7 Å². The fourth-order valence-corrected chi connectivity index (χ4v) is 2.30. The SMILES string of the molecule is O=c1cccc(-c2nnc(CNC3CC3)s2)[nH]1. The van der Waals surface area contributed by atoms with E-state index in [0.29, 0.717) is 6.04 Å². The summed E-state index contributed by atoms with van der Waals surface area (Å²) in [6, 6.07) is 5.71. The van der Waals surface area contributed by atoms with Gasteiger partial charge in [-0.05, 0) is 18.9 Å². The van der Waals surface area contributed by atoms with Crippen LogP contribution in [0, 0.1) is 0 Å². The monoisotopic (exact) mass is 248 g/mol. The number of H-pyrrole nitrogens is 1. The molecule has 1 saturated carbocycles. The summed E-state index contributed by atoms with van der Waals surface area (Å²) in [6.45, 7) is 0.763. The number of aromatic nitrogens is 3. The van der Waals surface area contributed by atoms with E-state index in [1.807, 2.05) is 6.07 Å². The Balaban J connectivity index is 1.76. The maximum absolute atomic E-state index is 11.2. The third-order valence-corrected chi connectivity index (χ3v) is 3.54. The van der Waals surface area contributed by atoms with Crippen LogP contribution in [-0.2, 0) is 6.54 Å². The summed E-state index contributed by atoms with van der Waals surface area (Å²) in [4.78, 5) is 13.9. The lowest BCUT2D eigenvalue weighted by Gasteiger charge is -1.96. The van der Waals surface area contributed by atoms with Gasteiger partial charge in [0.05, 0.1) is 5.69 Å². The first kappa shape index (κ1) is 10.6. The maximum Gasteiger partial charge on any atom is 0.248 e. The van der Waals surface area contributed by atoms with Crippen LogP contribution < -0.4 is 10.9 Å². The van der Waals surface area contributed by atoms with E-state index in [1.54, 1.807) is 6.07 Å². The van der Waals surface area contributed by atoms with E-state index in [-0.39, 0.29) is 5.56 Å². The van der Waals surface area contributed by atoms with Crippen molar-refractivity contribution in [3.8, 4) is 10.7 Å². The largest absolute Gasteiger partial charge is 0.320 e. The first-order valence-corrected chi connectivity index (χ1v) is 6.38. The molecular weight excluding hydrogens is 236 g/mol. The van der Waals surface area contributed by atoms with Crippen molar-refractivity contribution in [1.82, 2.24) is 20.5 Å². The van der Waals surface area contributed by atoms with Crippen LogP contribution in [0.3, 0.4) is 0 Å². The van der Waals surface area contributed by atoms with Gasteiger partial charge in [-0.3, -0.25) is 4.79 Å². The van der Waals surface area contributed by atoms with Crippen LogP contribution in [0.2, 0.25) is 0 Å². The van der Waals surface area contributed by atoms with E-state index in [4.69, 9.17) is 0 Å². The van der Waals surface area contributed by atoms with Crippen molar-refractivity contribution >= 4 is 11.3 Å². The summed E-state index contributed by atoms with van der Waals surface area (Å²) in [5.74, 6) is 0. The highest BCUT2D eigenvalue weighted by molar-refractivity contribution is 7.14. The number of hydrogen-bond donors (Lipinski definition) is 2. The predicted octanol–water partition coefficient (Wildman–Crippen LogP) is 1.15. The molecule has 2 heterocycles. The number of pyridine rings is 1. The van der Waals surface area contributed by atoms with Gasteiger partial charge in [0.15, 0.2) is 5.01 Å². The molecule has 0 bridgehead atoms. The highest BCUT2D eigenvalue weighted by atomic mass is 32.1. The molecule has 1 aliphatic carbocycles. The molecule has 2 N–H and O–H groups in total. The molecule has 6 heteroatoms. The summed E-state index contributed by atoms with van der Waals surface area (Å²) in [5.41, 5.74) is 0.614. The fraction of sp³-hybridized carbons (Fsp3) is 0.364. The Hall–Kier alpha value is -1.53. The van der Waals surface area contributed by atoms with Crippen LogP contribution in [0.1, 0.15) is 17.8 Å². The number of nitrogens with zero attached hydrogens (tertiary/aromatic N) is 2. The van der Waals surface area contributed by atoms with Crippen molar-refractivity contribution in [2.75, 3.05) is 0 Å². The van der Waals surface area contributed by atoms with Gasteiger partial charge in [0.2, 0.25) is 5.56 Å². The molecule has 0 amide bonds. The lowest BCUT2D eigenvalue weighted by Crippen LogP contribution is -2.14. The third-order valence-electron chi connectivity index (χ3n) is 2.58. The standard InChI is InChI=1S/C11H12N4OS/c16-9-3-1-2-8(13-9)11-15-14-10(17-11)6-12-7-4-5-7/h1-3,7,12H,4-6H2,(H,13,16). The van der Waals surface area contributed by atoms with E-state index in [2.05, 4.69) is 20.5 Å². The molecule has 0 radical (unpaired) electrons. The van der Waals surface area contributed by atoms with Crippen LogP contribution in [-0.4, -0.2) is 21.2 Å². The molecular formula is C11H12N4OS. The second-order valence-corrected chi connectivity index (χ2v) is 5.15. The van der Waals surface area contributed by atoms with Crippen molar-refractivity contribution in [3.05, 3.63) is 33.6 Å². The van der Waals surface area contributed by atoms with Gasteiger partial charge in [-0.15, -0.1) is 10.2 Å². The molecule has 0 atom stereocenters. The Kier molecular flexibility index (Phi) is 2.74. The van der Waals surface area contributed by atoms with Gasteiger partial charge in [0.25, 0.3) is 0 Å². The number of rotatable bonds is 4.